The largest absolute Gasteiger partial charge is 0.483 e. The molecule has 0 saturated carbocycles. The van der Waals surface area contributed by atoms with E-state index in [9.17, 15) is 9.59 Å². The monoisotopic (exact) mass is 403 g/mol. The van der Waals surface area contributed by atoms with Crippen LogP contribution in [0.4, 0.5) is 0 Å². The van der Waals surface area contributed by atoms with Crippen LogP contribution in [0.2, 0.25) is 5.02 Å². The maximum Gasteiger partial charge on any atom is 0.259 e. The van der Waals surface area contributed by atoms with E-state index in [4.69, 9.17) is 16.3 Å². The Balaban J connectivity index is 2.10. The van der Waals surface area contributed by atoms with E-state index in [1.165, 1.54) is 4.90 Å². The Labute approximate surface area is 171 Å². The summed E-state index contributed by atoms with van der Waals surface area (Å²) >= 11 is 6.32. The highest BCUT2D eigenvalue weighted by Gasteiger charge is 2.20. The molecule has 0 aliphatic rings. The molecule has 1 atom stereocenters. The first-order valence-corrected chi connectivity index (χ1v) is 9.30. The van der Waals surface area contributed by atoms with Gasteiger partial charge in [-0.3, -0.25) is 9.59 Å². The van der Waals surface area contributed by atoms with Gasteiger partial charge in [-0.15, -0.1) is 0 Å². The number of likely N-dealkylation sites (N-methyl/N-ethyl adjacent to an activating group) is 2. The van der Waals surface area contributed by atoms with Gasteiger partial charge in [-0.05, 0) is 37.9 Å². The highest BCUT2D eigenvalue weighted by molar-refractivity contribution is 6.31. The Kier molecular flexibility index (Phi) is 7.84. The van der Waals surface area contributed by atoms with Gasteiger partial charge >= 0.3 is 0 Å². The number of nitrogens with one attached hydrogen (secondary N) is 1. The molecule has 28 heavy (non-hydrogen) atoms. The van der Waals surface area contributed by atoms with Gasteiger partial charge in [0.25, 0.3) is 11.8 Å². The van der Waals surface area contributed by atoms with Crippen molar-refractivity contribution in [2.24, 2.45) is 0 Å². The third kappa shape index (κ3) is 5.71. The van der Waals surface area contributed by atoms with Crippen molar-refractivity contribution in [3.05, 3.63) is 64.7 Å². The van der Waals surface area contributed by atoms with Crippen LogP contribution in [0, 0.1) is 0 Å². The Bertz CT molecular complexity index is 824. The van der Waals surface area contributed by atoms with Crippen molar-refractivity contribution in [1.82, 2.24) is 15.1 Å². The van der Waals surface area contributed by atoms with E-state index >= 15 is 0 Å². The van der Waals surface area contributed by atoms with E-state index in [2.05, 4.69) is 5.32 Å². The predicted octanol–water partition coefficient (Wildman–Crippen LogP) is 2.84. The molecule has 0 fully saturated rings. The molecule has 2 amide bonds. The van der Waals surface area contributed by atoms with Crippen LogP contribution in [0.3, 0.4) is 0 Å². The van der Waals surface area contributed by atoms with Gasteiger partial charge in [-0.2, -0.15) is 0 Å². The molecule has 0 aliphatic heterocycles. The minimum atomic E-state index is -0.271. The molecule has 6 nitrogen and oxygen atoms in total. The van der Waals surface area contributed by atoms with Gasteiger partial charge in [0.15, 0.2) is 6.61 Å². The number of hydrogen-bond donors (Lipinski definition) is 1. The molecule has 2 aromatic carbocycles. The Morgan fingerprint density at radius 3 is 2.32 bits per heavy atom. The maximum absolute atomic E-state index is 12.7. The van der Waals surface area contributed by atoms with Crippen LogP contribution in [-0.4, -0.2) is 63.0 Å². The fraction of sp³-hybridized carbons (Fsp3) is 0.333. The molecule has 0 spiro atoms. The molecule has 0 radical (unpaired) electrons. The van der Waals surface area contributed by atoms with E-state index in [0.717, 1.165) is 5.56 Å². The van der Waals surface area contributed by atoms with Crippen molar-refractivity contribution in [2.45, 2.75) is 6.04 Å². The second kappa shape index (κ2) is 10.1. The van der Waals surface area contributed by atoms with Crippen molar-refractivity contribution >= 4 is 23.4 Å². The summed E-state index contributed by atoms with van der Waals surface area (Å²) in [5, 5.41) is 3.60. The number of rotatable bonds is 8. The van der Waals surface area contributed by atoms with Crippen molar-refractivity contribution in [1.29, 1.82) is 0 Å². The number of carbonyl (C=O) groups is 2. The summed E-state index contributed by atoms with van der Waals surface area (Å²) in [4.78, 5) is 27.9. The average molecular weight is 404 g/mol. The number of hydrogen-bond acceptors (Lipinski definition) is 4. The second-order valence-corrected chi connectivity index (χ2v) is 7.19. The molecule has 7 heteroatoms. The minimum absolute atomic E-state index is 0.0824. The fourth-order valence-corrected chi connectivity index (χ4v) is 2.91. The summed E-state index contributed by atoms with van der Waals surface area (Å²) in [6.07, 6.45) is 0. The second-order valence-electron chi connectivity index (χ2n) is 6.78. The molecule has 1 unspecified atom stereocenters. The van der Waals surface area contributed by atoms with Gasteiger partial charge in [0, 0.05) is 25.7 Å². The van der Waals surface area contributed by atoms with Crippen LogP contribution >= 0.6 is 11.6 Å². The van der Waals surface area contributed by atoms with Crippen LogP contribution in [-0.2, 0) is 4.79 Å². The highest BCUT2D eigenvalue weighted by atomic mass is 35.5. The standard InChI is InChI=1S/C21H26ClN3O3/c1-24(2)18(15-9-5-7-11-17(15)22)13-23-21(27)16-10-6-8-12-19(16)28-14-20(26)25(3)4/h5-12,18H,13-14H2,1-4H3,(H,23,27). The Morgan fingerprint density at radius 2 is 1.68 bits per heavy atom. The number of carbonyl (C=O) groups excluding carboxylic acids is 2. The Morgan fingerprint density at radius 1 is 1.04 bits per heavy atom. The van der Waals surface area contributed by atoms with Crippen molar-refractivity contribution < 1.29 is 14.3 Å². The predicted molar refractivity (Wildman–Crippen MR) is 111 cm³/mol. The first kappa shape index (κ1) is 21.7. The van der Waals surface area contributed by atoms with Gasteiger partial charge in [0.2, 0.25) is 0 Å². The molecule has 2 rings (SSSR count). The van der Waals surface area contributed by atoms with Crippen LogP contribution in [0.1, 0.15) is 22.0 Å². The SMILES string of the molecule is CN(C)C(=O)COc1ccccc1C(=O)NCC(c1ccccc1Cl)N(C)C. The number of halogens is 1. The average Bonchev–Trinajstić information content (AvgIpc) is 2.67. The number of ether oxygens (including phenoxy) is 1. The minimum Gasteiger partial charge on any atom is -0.483 e. The lowest BCUT2D eigenvalue weighted by atomic mass is 10.1. The number of nitrogens with zero attached hydrogens (tertiary/aromatic N) is 2. The molecular weight excluding hydrogens is 378 g/mol. The topological polar surface area (TPSA) is 61.9 Å². The van der Waals surface area contributed by atoms with Crippen molar-refractivity contribution in [3.8, 4) is 5.75 Å². The van der Waals surface area contributed by atoms with Crippen LogP contribution in [0.25, 0.3) is 0 Å². The lowest BCUT2D eigenvalue weighted by Gasteiger charge is -2.26. The summed E-state index contributed by atoms with van der Waals surface area (Å²) in [6, 6.07) is 14.4. The summed E-state index contributed by atoms with van der Waals surface area (Å²) < 4.78 is 5.56. The fourth-order valence-electron chi connectivity index (χ4n) is 2.65. The summed E-state index contributed by atoms with van der Waals surface area (Å²) in [6.45, 7) is 0.248. The van der Waals surface area contributed by atoms with Gasteiger partial charge in [0.05, 0.1) is 11.6 Å². The number of benzene rings is 2. The molecule has 0 saturated heterocycles. The van der Waals surface area contributed by atoms with Gasteiger partial charge in [-0.1, -0.05) is 41.9 Å². The first-order valence-electron chi connectivity index (χ1n) is 8.92. The maximum atomic E-state index is 12.7. The van der Waals surface area contributed by atoms with Crippen LogP contribution < -0.4 is 10.1 Å². The number of amides is 2. The summed E-state index contributed by atoms with van der Waals surface area (Å²) in [5.41, 5.74) is 1.32. The van der Waals surface area contributed by atoms with Crippen molar-refractivity contribution in [3.63, 3.8) is 0 Å². The van der Waals surface area contributed by atoms with E-state index in [-0.39, 0.29) is 24.5 Å². The number of para-hydroxylation sites is 1. The van der Waals surface area contributed by atoms with E-state index in [1.54, 1.807) is 38.4 Å². The third-order valence-corrected chi connectivity index (χ3v) is 4.67. The van der Waals surface area contributed by atoms with Crippen LogP contribution in [0.5, 0.6) is 5.75 Å². The zero-order valence-corrected chi connectivity index (χ0v) is 17.4. The lowest BCUT2D eigenvalue weighted by molar-refractivity contribution is -0.130. The Hall–Kier alpha value is -2.57. The lowest BCUT2D eigenvalue weighted by Crippen LogP contribution is -2.35. The first-order chi connectivity index (χ1) is 13.3. The molecule has 2 aromatic rings. The normalized spacial score (nSPS) is 11.8. The molecular formula is C21H26ClN3O3. The summed E-state index contributed by atoms with van der Waals surface area (Å²) in [7, 11) is 7.18. The zero-order chi connectivity index (χ0) is 20.7. The molecule has 0 aromatic heterocycles. The van der Waals surface area contributed by atoms with Gasteiger partial charge < -0.3 is 19.9 Å². The highest BCUT2D eigenvalue weighted by Crippen LogP contribution is 2.26. The van der Waals surface area contributed by atoms with E-state index in [0.29, 0.717) is 22.9 Å². The van der Waals surface area contributed by atoms with E-state index in [1.807, 2.05) is 43.3 Å². The zero-order valence-electron chi connectivity index (χ0n) is 16.6. The van der Waals surface area contributed by atoms with Crippen LogP contribution in [0.15, 0.2) is 48.5 Å². The molecule has 150 valence electrons. The van der Waals surface area contributed by atoms with Gasteiger partial charge in [-0.25, -0.2) is 0 Å². The van der Waals surface area contributed by atoms with Crippen molar-refractivity contribution in [2.75, 3.05) is 41.3 Å². The summed E-state index contributed by atoms with van der Waals surface area (Å²) in [5.74, 6) is -0.0808. The molecule has 0 aliphatic carbocycles. The van der Waals surface area contributed by atoms with E-state index < -0.39 is 0 Å². The molecule has 0 bridgehead atoms. The van der Waals surface area contributed by atoms with Gasteiger partial charge in [0.1, 0.15) is 5.75 Å². The quantitative estimate of drug-likeness (QED) is 0.736. The third-order valence-electron chi connectivity index (χ3n) is 4.33. The smallest absolute Gasteiger partial charge is 0.259 e. The molecule has 0 heterocycles. The molecule has 1 N–H and O–H groups in total.